The van der Waals surface area contributed by atoms with E-state index in [0.29, 0.717) is 11.4 Å². The Morgan fingerprint density at radius 3 is 2.41 bits per heavy atom. The second-order valence-electron chi connectivity index (χ2n) is 8.31. The molecule has 0 aliphatic carbocycles. The van der Waals surface area contributed by atoms with Crippen molar-refractivity contribution in [1.29, 1.82) is 0 Å². The average molecular weight is 498 g/mol. The highest BCUT2D eigenvalue weighted by Gasteiger charge is 2.31. The van der Waals surface area contributed by atoms with Gasteiger partial charge in [-0.3, -0.25) is 20.0 Å². The number of methoxy groups -OCH3 is 1. The molecule has 0 bridgehead atoms. The van der Waals surface area contributed by atoms with E-state index in [1.54, 1.807) is 19.2 Å². The van der Waals surface area contributed by atoms with Gasteiger partial charge in [0.15, 0.2) is 6.61 Å². The molecule has 5 rings (SSSR count). The molecule has 1 amide bonds. The Labute approximate surface area is 210 Å². The number of benzene rings is 3. The zero-order chi connectivity index (χ0) is 25.9. The Morgan fingerprint density at radius 2 is 1.68 bits per heavy atom. The zero-order valence-corrected chi connectivity index (χ0v) is 19.7. The van der Waals surface area contributed by atoms with Crippen LogP contribution in [-0.4, -0.2) is 40.6 Å². The monoisotopic (exact) mass is 498 g/mol. The fourth-order valence-corrected chi connectivity index (χ4v) is 4.10. The molecule has 37 heavy (non-hydrogen) atoms. The minimum atomic E-state index is -1.00. The van der Waals surface area contributed by atoms with E-state index >= 15 is 0 Å². The zero-order valence-electron chi connectivity index (χ0n) is 19.7. The Balaban J connectivity index is 1.40. The molecule has 0 radical (unpaired) electrons. The van der Waals surface area contributed by atoms with Gasteiger partial charge in [-0.15, -0.1) is 0 Å². The molecule has 10 nitrogen and oxygen atoms in total. The number of hydrogen-bond acceptors (Lipinski definition) is 7. The molecule has 1 aliphatic rings. The van der Waals surface area contributed by atoms with Crippen LogP contribution < -0.4 is 21.4 Å². The number of fused-ring (bicyclic) bond motifs is 1. The van der Waals surface area contributed by atoms with Crippen LogP contribution in [0.1, 0.15) is 27.7 Å². The predicted molar refractivity (Wildman–Crippen MR) is 136 cm³/mol. The van der Waals surface area contributed by atoms with Crippen molar-refractivity contribution < 1.29 is 19.1 Å². The van der Waals surface area contributed by atoms with Crippen LogP contribution in [0.5, 0.6) is 5.75 Å². The predicted octanol–water partition coefficient (Wildman–Crippen LogP) is 2.51. The molecule has 1 atom stereocenters. The number of amides is 1. The van der Waals surface area contributed by atoms with Gasteiger partial charge >= 0.3 is 11.7 Å². The Morgan fingerprint density at radius 1 is 0.919 bits per heavy atom. The molecule has 0 unspecified atom stereocenters. The second-order valence-corrected chi connectivity index (χ2v) is 8.31. The first kappa shape index (κ1) is 23.6. The lowest BCUT2D eigenvalue weighted by atomic mass is 10.0. The van der Waals surface area contributed by atoms with Gasteiger partial charge in [0.05, 0.1) is 18.8 Å². The van der Waals surface area contributed by atoms with Crippen LogP contribution in [0.15, 0.2) is 88.5 Å². The van der Waals surface area contributed by atoms with Crippen molar-refractivity contribution in [2.75, 3.05) is 13.7 Å². The Kier molecular flexibility index (Phi) is 6.29. The minimum absolute atomic E-state index is 0.349. The number of aromatic amines is 2. The number of carbonyl (C=O) groups excluding carboxylic acids is 2. The number of H-pyrrole nitrogens is 2. The lowest BCUT2D eigenvalue weighted by Gasteiger charge is -2.25. The number of nitrogens with one attached hydrogen (secondary N) is 3. The normalized spacial score (nSPS) is 14.7. The maximum Gasteiger partial charge on any atom is 0.355 e. The largest absolute Gasteiger partial charge is 0.497 e. The number of rotatable bonds is 6. The molecule has 4 aromatic rings. The highest BCUT2D eigenvalue weighted by atomic mass is 16.5. The van der Waals surface area contributed by atoms with E-state index in [1.165, 1.54) is 5.01 Å². The van der Waals surface area contributed by atoms with Crippen LogP contribution in [0.2, 0.25) is 0 Å². The second kappa shape index (κ2) is 9.86. The molecule has 186 valence electrons. The number of carbonyl (C=O) groups is 2. The van der Waals surface area contributed by atoms with Gasteiger partial charge < -0.3 is 14.5 Å². The van der Waals surface area contributed by atoms with Crippen molar-refractivity contribution in [2.45, 2.75) is 6.04 Å². The molecule has 0 saturated heterocycles. The molecule has 3 aromatic carbocycles. The Hall–Kier alpha value is -5.12. The summed E-state index contributed by atoms with van der Waals surface area (Å²) in [5.74, 6) is -0.861. The van der Waals surface area contributed by atoms with Crippen LogP contribution in [0, 0.1) is 0 Å². The summed E-state index contributed by atoms with van der Waals surface area (Å²) >= 11 is 0. The van der Waals surface area contributed by atoms with Crippen molar-refractivity contribution in [3.05, 3.63) is 117 Å². The topological polar surface area (TPSA) is 134 Å². The quantitative estimate of drug-likeness (QED) is 0.348. The molecule has 0 fully saturated rings. The van der Waals surface area contributed by atoms with Gasteiger partial charge in [0.1, 0.15) is 11.4 Å². The fraction of sp³-hybridized carbons (Fsp3) is 0.111. The third kappa shape index (κ3) is 4.98. The van der Waals surface area contributed by atoms with Crippen molar-refractivity contribution in [3.63, 3.8) is 0 Å². The van der Waals surface area contributed by atoms with E-state index in [0.717, 1.165) is 28.0 Å². The lowest BCUT2D eigenvalue weighted by molar-refractivity contribution is -0.137. The van der Waals surface area contributed by atoms with Gasteiger partial charge in [-0.05, 0) is 46.2 Å². The van der Waals surface area contributed by atoms with E-state index < -0.39 is 35.8 Å². The van der Waals surface area contributed by atoms with Crippen LogP contribution in [-0.2, 0) is 9.53 Å². The molecule has 3 N–H and O–H groups in total. The van der Waals surface area contributed by atoms with E-state index in [9.17, 15) is 19.2 Å². The number of aromatic nitrogens is 2. The van der Waals surface area contributed by atoms with Gasteiger partial charge in [-0.25, -0.2) is 14.6 Å². The third-order valence-electron chi connectivity index (χ3n) is 5.94. The van der Waals surface area contributed by atoms with Crippen LogP contribution in [0.25, 0.3) is 16.5 Å². The number of nitrogens with zero attached hydrogens (tertiary/aromatic N) is 1. The molecule has 10 heteroatoms. The number of esters is 1. The fourth-order valence-electron chi connectivity index (χ4n) is 4.10. The van der Waals surface area contributed by atoms with Crippen molar-refractivity contribution in [1.82, 2.24) is 20.4 Å². The minimum Gasteiger partial charge on any atom is -0.497 e. The summed E-state index contributed by atoms with van der Waals surface area (Å²) in [6.07, 6.45) is 1.92. The summed E-state index contributed by atoms with van der Waals surface area (Å²) in [6.45, 7) is -0.619. The van der Waals surface area contributed by atoms with Crippen LogP contribution in [0.3, 0.4) is 0 Å². The van der Waals surface area contributed by atoms with Crippen molar-refractivity contribution in [3.8, 4) is 5.75 Å². The standard InChI is InChI=1S/C27H22N4O6/c1-36-20-10-8-17(9-11-20)23-13-21(19-7-6-16-4-2-3-5-18(16)12-19)30-31(23)25(33)15-37-26(34)22-14-24(32)29-27(35)28-22/h2-14,23,30H,15H2,1H3,(H2,28,29,32,35)/t23-/m1/s1. The number of hydrazine groups is 1. The van der Waals surface area contributed by atoms with E-state index in [1.807, 2.05) is 65.7 Å². The Bertz CT molecular complexity index is 1610. The van der Waals surface area contributed by atoms with Gasteiger partial charge in [0.25, 0.3) is 11.5 Å². The summed E-state index contributed by atoms with van der Waals surface area (Å²) in [5, 5.41) is 3.52. The number of hydrogen-bond donors (Lipinski definition) is 3. The maximum atomic E-state index is 13.2. The van der Waals surface area contributed by atoms with Gasteiger partial charge in [0.2, 0.25) is 0 Å². The first-order valence-electron chi connectivity index (χ1n) is 11.4. The SMILES string of the molecule is COc1ccc([C@H]2C=C(c3ccc4ccccc4c3)NN2C(=O)COC(=O)c2cc(=O)[nH]c(=O)[nH]2)cc1. The summed E-state index contributed by atoms with van der Waals surface area (Å²) in [5.41, 5.74) is 3.58. The summed E-state index contributed by atoms with van der Waals surface area (Å²) in [7, 11) is 1.57. The number of ether oxygens (including phenoxy) is 2. The van der Waals surface area contributed by atoms with Gasteiger partial charge in [-0.2, -0.15) is 0 Å². The molecule has 0 saturated carbocycles. The van der Waals surface area contributed by atoms with Gasteiger partial charge in [0, 0.05) is 6.07 Å². The maximum absolute atomic E-state index is 13.2. The molecular weight excluding hydrogens is 476 g/mol. The highest BCUT2D eigenvalue weighted by molar-refractivity contribution is 5.90. The van der Waals surface area contributed by atoms with Crippen LogP contribution >= 0.6 is 0 Å². The van der Waals surface area contributed by atoms with Crippen molar-refractivity contribution >= 4 is 28.3 Å². The summed E-state index contributed by atoms with van der Waals surface area (Å²) in [6, 6.07) is 21.6. The first-order chi connectivity index (χ1) is 17.9. The molecular formula is C27H22N4O6. The van der Waals surface area contributed by atoms with Crippen molar-refractivity contribution in [2.24, 2.45) is 0 Å². The molecule has 2 heterocycles. The highest BCUT2D eigenvalue weighted by Crippen LogP contribution is 2.33. The van der Waals surface area contributed by atoms with E-state index in [2.05, 4.69) is 10.4 Å². The van der Waals surface area contributed by atoms with E-state index in [4.69, 9.17) is 9.47 Å². The van der Waals surface area contributed by atoms with Gasteiger partial charge in [-0.1, -0.05) is 48.5 Å². The molecule has 1 aromatic heterocycles. The smallest absolute Gasteiger partial charge is 0.355 e. The first-order valence-corrected chi connectivity index (χ1v) is 11.4. The third-order valence-corrected chi connectivity index (χ3v) is 5.94. The van der Waals surface area contributed by atoms with Crippen LogP contribution in [0.4, 0.5) is 0 Å². The molecule has 1 aliphatic heterocycles. The summed E-state index contributed by atoms with van der Waals surface area (Å²) in [4.78, 5) is 52.6. The summed E-state index contributed by atoms with van der Waals surface area (Å²) < 4.78 is 10.3. The molecule has 0 spiro atoms. The average Bonchev–Trinajstić information content (AvgIpc) is 3.36. The lowest BCUT2D eigenvalue weighted by Crippen LogP contribution is -2.42. The van der Waals surface area contributed by atoms with E-state index in [-0.39, 0.29) is 5.69 Å².